The van der Waals surface area contributed by atoms with Gasteiger partial charge in [-0.2, -0.15) is 4.37 Å². The highest BCUT2D eigenvalue weighted by atomic mass is 32.1. The molecule has 1 saturated heterocycles. The van der Waals surface area contributed by atoms with E-state index in [4.69, 9.17) is 4.37 Å². The highest BCUT2D eigenvalue weighted by Crippen LogP contribution is 2.62. The van der Waals surface area contributed by atoms with Gasteiger partial charge in [-0.25, -0.2) is 0 Å². The topological polar surface area (TPSA) is 85.0 Å². The second-order valence-electron chi connectivity index (χ2n) is 11.9. The summed E-state index contributed by atoms with van der Waals surface area (Å²) in [5.41, 5.74) is 1.91. The molecule has 0 spiro atoms. The van der Waals surface area contributed by atoms with Crippen molar-refractivity contribution >= 4 is 27.4 Å². The van der Waals surface area contributed by atoms with Crippen LogP contribution < -0.4 is 4.90 Å². The van der Waals surface area contributed by atoms with Crippen molar-refractivity contribution < 1.29 is 15.3 Å². The van der Waals surface area contributed by atoms with Gasteiger partial charge in [-0.1, -0.05) is 25.0 Å². The summed E-state index contributed by atoms with van der Waals surface area (Å²) >= 11 is 1.59. The molecule has 1 aliphatic heterocycles. The van der Waals surface area contributed by atoms with E-state index in [-0.39, 0.29) is 30.2 Å². The number of anilines is 1. The molecule has 3 aliphatic carbocycles. The zero-order chi connectivity index (χ0) is 25.1. The SMILES string of the molecule is OCC1C[C@H]2C[C@@H]1c1c2c(O)n(C[C@@H]2CCCC[C@H]2CN2CCN(c3nsc4ccccc34)CC2)c1O. The van der Waals surface area contributed by atoms with Crippen molar-refractivity contribution in [3.8, 4) is 11.8 Å². The van der Waals surface area contributed by atoms with Crippen molar-refractivity contribution in [3.63, 3.8) is 0 Å². The molecule has 0 amide bonds. The van der Waals surface area contributed by atoms with Gasteiger partial charge in [0.1, 0.15) is 5.82 Å². The van der Waals surface area contributed by atoms with Gasteiger partial charge < -0.3 is 20.2 Å². The predicted octanol–water partition coefficient (Wildman–Crippen LogP) is 4.72. The summed E-state index contributed by atoms with van der Waals surface area (Å²) in [5.74, 6) is 3.46. The molecular formula is C29H38N4O3S. The average molecular weight is 523 g/mol. The summed E-state index contributed by atoms with van der Waals surface area (Å²) in [4.78, 5) is 5.06. The van der Waals surface area contributed by atoms with Gasteiger partial charge in [-0.3, -0.25) is 9.47 Å². The van der Waals surface area contributed by atoms with Crippen LogP contribution in [0.4, 0.5) is 5.82 Å². The summed E-state index contributed by atoms with van der Waals surface area (Å²) in [5, 5.41) is 33.4. The van der Waals surface area contributed by atoms with Crippen LogP contribution in [0.15, 0.2) is 24.3 Å². The lowest BCUT2D eigenvalue weighted by molar-refractivity contribution is 0.130. The predicted molar refractivity (Wildman–Crippen MR) is 147 cm³/mol. The van der Waals surface area contributed by atoms with Crippen molar-refractivity contribution in [2.24, 2.45) is 17.8 Å². The second kappa shape index (κ2) is 9.47. The van der Waals surface area contributed by atoms with E-state index in [9.17, 15) is 15.3 Å². The molecule has 3 heterocycles. The molecule has 1 unspecified atom stereocenters. The second-order valence-corrected chi connectivity index (χ2v) is 12.7. The number of aliphatic hydroxyl groups is 1. The summed E-state index contributed by atoms with van der Waals surface area (Å²) in [6.07, 6.45) is 6.78. The third kappa shape index (κ3) is 3.94. The molecule has 1 aromatic carbocycles. The fourth-order valence-corrected chi connectivity index (χ4v) is 8.86. The molecule has 2 aromatic heterocycles. The van der Waals surface area contributed by atoms with E-state index in [0.717, 1.165) is 68.9 Å². The zero-order valence-corrected chi connectivity index (χ0v) is 22.2. The smallest absolute Gasteiger partial charge is 0.197 e. The Labute approximate surface area is 222 Å². The van der Waals surface area contributed by atoms with E-state index >= 15 is 0 Å². The highest BCUT2D eigenvalue weighted by molar-refractivity contribution is 7.13. The molecule has 7 rings (SSSR count). The van der Waals surface area contributed by atoms with Gasteiger partial charge in [-0.05, 0) is 78.9 Å². The Morgan fingerprint density at radius 1 is 0.865 bits per heavy atom. The van der Waals surface area contributed by atoms with Crippen molar-refractivity contribution in [2.45, 2.75) is 56.9 Å². The zero-order valence-electron chi connectivity index (χ0n) is 21.4. The maximum absolute atomic E-state index is 11.2. The summed E-state index contributed by atoms with van der Waals surface area (Å²) < 4.78 is 7.84. The van der Waals surface area contributed by atoms with Gasteiger partial charge in [-0.15, -0.1) is 0 Å². The molecular weight excluding hydrogens is 484 g/mol. The van der Waals surface area contributed by atoms with Gasteiger partial charge in [0.2, 0.25) is 0 Å². The maximum atomic E-state index is 11.2. The number of aromatic hydroxyl groups is 2. The Kier molecular flexibility index (Phi) is 6.09. The van der Waals surface area contributed by atoms with Crippen LogP contribution in [-0.2, 0) is 6.54 Å². The van der Waals surface area contributed by atoms with Gasteiger partial charge in [0.05, 0.1) is 4.70 Å². The lowest BCUT2D eigenvalue weighted by atomic mass is 9.78. The number of nitrogens with zero attached hydrogens (tertiary/aromatic N) is 4. The molecule has 4 aliphatic rings. The quantitative estimate of drug-likeness (QED) is 0.434. The molecule has 2 saturated carbocycles. The molecule has 198 valence electrons. The van der Waals surface area contributed by atoms with Gasteiger partial charge in [0.25, 0.3) is 0 Å². The number of rotatable bonds is 6. The molecule has 8 heteroatoms. The van der Waals surface area contributed by atoms with Gasteiger partial charge >= 0.3 is 0 Å². The number of piperazine rings is 1. The van der Waals surface area contributed by atoms with E-state index in [0.29, 0.717) is 24.3 Å². The number of aliphatic hydroxyl groups excluding tert-OH is 1. The standard InChI is InChI=1S/C29H38N4O3S/c34-17-21-13-20-14-23(21)26-25(20)28(35)33(29(26)36)16-19-6-2-1-5-18(19)15-31-9-11-32(12-10-31)27-22-7-3-4-8-24(22)37-30-27/h3-4,7-8,18-21,23,34-36H,1-2,5-6,9-17H2/t18-,19-,20-,21?,23-/m0/s1. The largest absolute Gasteiger partial charge is 0.494 e. The molecule has 7 nitrogen and oxygen atoms in total. The van der Waals surface area contributed by atoms with Gasteiger partial charge in [0, 0.05) is 62.4 Å². The lowest BCUT2D eigenvalue weighted by Gasteiger charge is -2.40. The van der Waals surface area contributed by atoms with Crippen LogP contribution in [0.1, 0.15) is 61.5 Å². The minimum Gasteiger partial charge on any atom is -0.494 e. The third-order valence-electron chi connectivity index (χ3n) is 10.00. The molecule has 2 bridgehead atoms. The summed E-state index contributed by atoms with van der Waals surface area (Å²) in [6, 6.07) is 8.52. The fraction of sp³-hybridized carbons (Fsp3) is 0.621. The monoisotopic (exact) mass is 522 g/mol. The van der Waals surface area contributed by atoms with Crippen LogP contribution in [0, 0.1) is 17.8 Å². The van der Waals surface area contributed by atoms with Crippen LogP contribution in [0.2, 0.25) is 0 Å². The van der Waals surface area contributed by atoms with E-state index in [1.807, 2.05) is 4.57 Å². The first kappa shape index (κ1) is 23.8. The molecule has 37 heavy (non-hydrogen) atoms. The Morgan fingerprint density at radius 3 is 2.38 bits per heavy atom. The first-order chi connectivity index (χ1) is 18.1. The minimum atomic E-state index is 0.169. The third-order valence-corrected chi connectivity index (χ3v) is 10.8. The van der Waals surface area contributed by atoms with Crippen LogP contribution in [0.25, 0.3) is 10.1 Å². The van der Waals surface area contributed by atoms with Crippen LogP contribution >= 0.6 is 11.5 Å². The summed E-state index contributed by atoms with van der Waals surface area (Å²) in [6.45, 7) is 6.07. The van der Waals surface area contributed by atoms with Crippen molar-refractivity contribution in [2.75, 3.05) is 44.2 Å². The Hall–Kier alpha value is -2.29. The van der Waals surface area contributed by atoms with Crippen molar-refractivity contribution in [1.82, 2.24) is 13.8 Å². The number of fused-ring (bicyclic) bond motifs is 6. The highest BCUT2D eigenvalue weighted by Gasteiger charge is 2.49. The average Bonchev–Trinajstić information content (AvgIpc) is 3.69. The van der Waals surface area contributed by atoms with E-state index in [1.165, 1.54) is 29.3 Å². The number of hydrogen-bond donors (Lipinski definition) is 3. The fourth-order valence-electron chi connectivity index (χ4n) is 8.06. The lowest BCUT2D eigenvalue weighted by Crippen LogP contribution is -2.49. The Morgan fingerprint density at radius 2 is 1.59 bits per heavy atom. The van der Waals surface area contributed by atoms with E-state index < -0.39 is 0 Å². The van der Waals surface area contributed by atoms with Crippen LogP contribution in [-0.4, -0.2) is 68.5 Å². The first-order valence-corrected chi connectivity index (χ1v) is 15.0. The first-order valence-electron chi connectivity index (χ1n) is 14.2. The van der Waals surface area contributed by atoms with Gasteiger partial charge in [0.15, 0.2) is 11.8 Å². The Balaban J connectivity index is 1.03. The number of hydrogen-bond acceptors (Lipinski definition) is 7. The summed E-state index contributed by atoms with van der Waals surface area (Å²) in [7, 11) is 0. The number of benzene rings is 1. The molecule has 3 aromatic rings. The van der Waals surface area contributed by atoms with E-state index in [2.05, 4.69) is 34.1 Å². The molecule has 3 fully saturated rings. The maximum Gasteiger partial charge on any atom is 0.197 e. The molecule has 3 N–H and O–H groups in total. The minimum absolute atomic E-state index is 0.169. The van der Waals surface area contributed by atoms with Crippen LogP contribution in [0.5, 0.6) is 11.8 Å². The van der Waals surface area contributed by atoms with Crippen molar-refractivity contribution in [3.05, 3.63) is 35.4 Å². The normalized spacial score (nSPS) is 29.9. The number of aromatic nitrogens is 2. The van der Waals surface area contributed by atoms with E-state index in [1.54, 1.807) is 11.5 Å². The molecule has 0 radical (unpaired) electrons. The van der Waals surface area contributed by atoms with Crippen molar-refractivity contribution in [1.29, 1.82) is 0 Å². The Bertz CT molecular complexity index is 1280. The van der Waals surface area contributed by atoms with Crippen LogP contribution in [0.3, 0.4) is 0 Å². The molecule has 5 atom stereocenters.